The third-order valence-corrected chi connectivity index (χ3v) is 5.20. The first-order valence-corrected chi connectivity index (χ1v) is 7.95. The topological polar surface area (TPSA) is 86.7 Å². The van der Waals surface area contributed by atoms with E-state index >= 15 is 0 Å². The zero-order valence-electron chi connectivity index (χ0n) is 13.0. The number of hydrogen-bond donors (Lipinski definition) is 0. The number of ether oxygens (including phenoxy) is 1. The van der Waals surface area contributed by atoms with Crippen LogP contribution in [0.15, 0.2) is 12.2 Å². The van der Waals surface area contributed by atoms with Gasteiger partial charge in [0.05, 0.1) is 25.0 Å². The fourth-order valence-electron chi connectivity index (χ4n) is 3.07. The van der Waals surface area contributed by atoms with Gasteiger partial charge in [0.1, 0.15) is 0 Å². The zero-order valence-corrected chi connectivity index (χ0v) is 15.8. The second-order valence-electron chi connectivity index (χ2n) is 5.07. The van der Waals surface area contributed by atoms with Gasteiger partial charge in [-0.05, 0) is 18.6 Å². The molecule has 0 aliphatic carbocycles. The number of aliphatic carboxylic acids is 1. The number of fused-ring (bicyclic) bond motifs is 1. The molecule has 0 N–H and O–H groups in total. The summed E-state index contributed by atoms with van der Waals surface area (Å²) in [6.07, 6.45) is 4.00. The van der Waals surface area contributed by atoms with Gasteiger partial charge in [0.15, 0.2) is 0 Å². The summed E-state index contributed by atoms with van der Waals surface area (Å²) in [5.41, 5.74) is 0. The van der Waals surface area contributed by atoms with Gasteiger partial charge >= 0.3 is 35.5 Å². The molecule has 4 atom stereocenters. The van der Waals surface area contributed by atoms with Gasteiger partial charge in [0.2, 0.25) is 5.91 Å². The van der Waals surface area contributed by atoms with Crippen LogP contribution in [0.25, 0.3) is 0 Å². The van der Waals surface area contributed by atoms with Crippen LogP contribution < -0.4 is 34.7 Å². The van der Waals surface area contributed by atoms with Crippen molar-refractivity contribution in [3.05, 3.63) is 12.2 Å². The van der Waals surface area contributed by atoms with Gasteiger partial charge < -0.3 is 19.5 Å². The molecule has 0 aromatic rings. The summed E-state index contributed by atoms with van der Waals surface area (Å²) in [7, 11) is 1.29. The first kappa shape index (κ1) is 19.5. The smallest absolute Gasteiger partial charge is 0.548 e. The van der Waals surface area contributed by atoms with Crippen LogP contribution in [-0.4, -0.2) is 52.9 Å². The molecule has 0 aromatic heterocycles. The maximum absolute atomic E-state index is 12.1. The molecule has 22 heavy (non-hydrogen) atoms. The Morgan fingerprint density at radius 1 is 1.50 bits per heavy atom. The zero-order chi connectivity index (χ0) is 15.6. The van der Waals surface area contributed by atoms with E-state index in [9.17, 15) is 19.5 Å². The summed E-state index contributed by atoms with van der Waals surface area (Å²) in [5, 5.41) is 11.2. The number of allylic oxidation sites excluding steroid dienone is 1. The Labute approximate surface area is 155 Å². The summed E-state index contributed by atoms with van der Waals surface area (Å²) in [6, 6.07) is -0.889. The number of hydrogen-bond acceptors (Lipinski definition) is 6. The molecule has 2 aliphatic rings. The van der Waals surface area contributed by atoms with E-state index in [0.29, 0.717) is 12.8 Å². The quantitative estimate of drug-likeness (QED) is 0.217. The van der Waals surface area contributed by atoms with Gasteiger partial charge in [-0.15, -0.1) is 0 Å². The monoisotopic (exact) mass is 335 g/mol. The number of β-lactam (4-membered cyclic amide) rings is 1. The molecule has 2 rings (SSSR count). The summed E-state index contributed by atoms with van der Waals surface area (Å²) >= 11 is 1.55. The van der Waals surface area contributed by atoms with E-state index in [1.54, 1.807) is 17.8 Å². The SMILES string of the molecule is CCSC1CC2C(CC=CC(=O)OC)C(=O)N2[C@H]1C(=O)[O-].[Na+]. The Bertz CT molecular complexity index is 484. The Hall–Kier alpha value is -0.500. The van der Waals surface area contributed by atoms with Crippen molar-refractivity contribution in [1.29, 1.82) is 0 Å². The van der Waals surface area contributed by atoms with Gasteiger partial charge in [0, 0.05) is 17.4 Å². The van der Waals surface area contributed by atoms with E-state index in [-0.39, 0.29) is 52.7 Å². The minimum absolute atomic E-state index is 0. The molecular weight excluding hydrogens is 317 g/mol. The molecule has 2 saturated heterocycles. The van der Waals surface area contributed by atoms with Crippen LogP contribution in [0.3, 0.4) is 0 Å². The van der Waals surface area contributed by atoms with Crippen molar-refractivity contribution < 1.29 is 53.8 Å². The number of esters is 1. The molecule has 8 heteroatoms. The van der Waals surface area contributed by atoms with Crippen LogP contribution in [0.1, 0.15) is 19.8 Å². The Morgan fingerprint density at radius 2 is 2.18 bits per heavy atom. The molecule has 2 heterocycles. The summed E-state index contributed by atoms with van der Waals surface area (Å²) in [4.78, 5) is 35.8. The molecule has 0 aromatic carbocycles. The molecule has 0 saturated carbocycles. The third-order valence-electron chi connectivity index (χ3n) is 3.99. The fourth-order valence-corrected chi connectivity index (χ4v) is 4.26. The molecule has 2 fully saturated rings. The molecule has 2 aliphatic heterocycles. The number of nitrogens with zero attached hydrogens (tertiary/aromatic N) is 1. The molecule has 3 unspecified atom stereocenters. The molecule has 6 nitrogen and oxygen atoms in total. The van der Waals surface area contributed by atoms with Crippen LogP contribution in [0.5, 0.6) is 0 Å². The molecule has 0 bridgehead atoms. The first-order chi connectivity index (χ1) is 10.0. The second kappa shape index (κ2) is 8.38. The fraction of sp³-hybridized carbons (Fsp3) is 0.643. The van der Waals surface area contributed by atoms with Crippen molar-refractivity contribution in [2.45, 2.75) is 37.1 Å². The maximum Gasteiger partial charge on any atom is 1.00 e. The predicted octanol–water partition coefficient (Wildman–Crippen LogP) is -3.42. The van der Waals surface area contributed by atoms with E-state index in [1.165, 1.54) is 18.1 Å². The van der Waals surface area contributed by atoms with Crippen molar-refractivity contribution in [3.8, 4) is 0 Å². The van der Waals surface area contributed by atoms with Crippen molar-refractivity contribution in [2.24, 2.45) is 5.92 Å². The minimum Gasteiger partial charge on any atom is -0.548 e. The predicted molar refractivity (Wildman–Crippen MR) is 75.2 cm³/mol. The van der Waals surface area contributed by atoms with Crippen LogP contribution in [0.2, 0.25) is 0 Å². The van der Waals surface area contributed by atoms with Gasteiger partial charge in [0.25, 0.3) is 0 Å². The number of rotatable bonds is 6. The van der Waals surface area contributed by atoms with E-state index in [4.69, 9.17) is 0 Å². The van der Waals surface area contributed by atoms with Gasteiger partial charge in [-0.2, -0.15) is 11.8 Å². The van der Waals surface area contributed by atoms with E-state index < -0.39 is 18.0 Å². The van der Waals surface area contributed by atoms with Crippen molar-refractivity contribution in [2.75, 3.05) is 12.9 Å². The molecule has 0 spiro atoms. The molecular formula is C14H18NNaO5S. The van der Waals surface area contributed by atoms with Gasteiger partial charge in [-0.25, -0.2) is 4.79 Å². The third kappa shape index (κ3) is 3.69. The first-order valence-electron chi connectivity index (χ1n) is 6.90. The van der Waals surface area contributed by atoms with Gasteiger partial charge in [-0.3, -0.25) is 4.79 Å². The summed E-state index contributed by atoms with van der Waals surface area (Å²) in [5.74, 6) is -1.24. The standard InChI is InChI=1S/C14H19NO5S.Na/c1-3-21-10-7-9-8(5-4-6-11(16)20-2)13(17)15(9)12(10)14(18)19;/h4,6,8-10,12H,3,5,7H2,1-2H3,(H,18,19);/q;+1/p-1/t8?,9?,10?,12-;/m1./s1. The number of amides is 1. The summed E-state index contributed by atoms with van der Waals surface area (Å²) in [6.45, 7) is 1.96. The maximum atomic E-state index is 12.1. The average molecular weight is 335 g/mol. The number of methoxy groups -OCH3 is 1. The Morgan fingerprint density at radius 3 is 2.73 bits per heavy atom. The normalized spacial score (nSPS) is 29.7. The number of carboxylic acids is 1. The van der Waals surface area contributed by atoms with E-state index in [2.05, 4.69) is 4.74 Å². The molecule has 0 radical (unpaired) electrons. The number of carboxylic acid groups (broad SMARTS) is 1. The van der Waals surface area contributed by atoms with Crippen LogP contribution in [-0.2, 0) is 19.1 Å². The van der Waals surface area contributed by atoms with Crippen LogP contribution in [0.4, 0.5) is 0 Å². The number of carbonyl (C=O) groups excluding carboxylic acids is 3. The van der Waals surface area contributed by atoms with E-state index in [0.717, 1.165) is 5.75 Å². The van der Waals surface area contributed by atoms with Crippen LogP contribution >= 0.6 is 11.8 Å². The molecule has 116 valence electrons. The Kier molecular flexibility index (Phi) is 7.45. The molecule has 1 amide bonds. The van der Waals surface area contributed by atoms with E-state index in [1.807, 2.05) is 6.92 Å². The average Bonchev–Trinajstić information content (AvgIpc) is 2.79. The minimum atomic E-state index is -1.18. The van der Waals surface area contributed by atoms with Crippen molar-refractivity contribution in [3.63, 3.8) is 0 Å². The van der Waals surface area contributed by atoms with Crippen molar-refractivity contribution >= 4 is 29.6 Å². The van der Waals surface area contributed by atoms with Crippen molar-refractivity contribution in [1.82, 2.24) is 4.90 Å². The largest absolute Gasteiger partial charge is 1.00 e. The Balaban J connectivity index is 0.00000242. The summed E-state index contributed by atoms with van der Waals surface area (Å²) < 4.78 is 4.48. The van der Waals surface area contributed by atoms with Crippen LogP contribution in [0, 0.1) is 5.92 Å². The number of carbonyl (C=O) groups is 3. The van der Waals surface area contributed by atoms with Gasteiger partial charge in [-0.1, -0.05) is 13.0 Å². The second-order valence-corrected chi connectivity index (χ2v) is 6.59. The number of thioether (sulfide) groups is 1.